The van der Waals surface area contributed by atoms with Crippen LogP contribution in [0.25, 0.3) is 0 Å². The molecule has 0 heterocycles. The van der Waals surface area contributed by atoms with Crippen molar-refractivity contribution in [3.05, 3.63) is 23.8 Å². The Hall–Kier alpha value is -1.05. The fraction of sp³-hybridized carbons (Fsp3) is 0.684. The van der Waals surface area contributed by atoms with Crippen molar-refractivity contribution in [2.45, 2.75) is 58.9 Å². The quantitative estimate of drug-likeness (QED) is 0.436. The molecule has 0 aliphatic carbocycles. The molecule has 0 amide bonds. The standard InChI is InChI=1S/C19H34N2O4.ClH/c1-13(2)20-9-16(22)11-24-18-7-6-15(5)8-19(18)25-12-17(23)10-21-14(3)4;/h6-8,13-14,16-17,20-23H,9-12H2,1-5H3;1H. The van der Waals surface area contributed by atoms with Crippen molar-refractivity contribution in [3.63, 3.8) is 0 Å². The molecular formula is C19H35ClN2O4. The van der Waals surface area contributed by atoms with Gasteiger partial charge in [-0.05, 0) is 24.6 Å². The van der Waals surface area contributed by atoms with E-state index in [2.05, 4.69) is 10.6 Å². The molecule has 4 N–H and O–H groups in total. The van der Waals surface area contributed by atoms with Gasteiger partial charge in [0, 0.05) is 25.2 Å². The van der Waals surface area contributed by atoms with Gasteiger partial charge < -0.3 is 30.3 Å². The van der Waals surface area contributed by atoms with Crippen molar-refractivity contribution in [2.24, 2.45) is 0 Å². The molecule has 0 aliphatic heterocycles. The number of hydrogen-bond acceptors (Lipinski definition) is 6. The average Bonchev–Trinajstić information content (AvgIpc) is 2.55. The first-order valence-corrected chi connectivity index (χ1v) is 8.97. The highest BCUT2D eigenvalue weighted by molar-refractivity contribution is 5.85. The van der Waals surface area contributed by atoms with E-state index in [9.17, 15) is 10.2 Å². The van der Waals surface area contributed by atoms with Crippen LogP contribution in [0.2, 0.25) is 0 Å². The van der Waals surface area contributed by atoms with E-state index in [1.165, 1.54) is 0 Å². The van der Waals surface area contributed by atoms with Gasteiger partial charge >= 0.3 is 0 Å². The van der Waals surface area contributed by atoms with Gasteiger partial charge in [0.15, 0.2) is 11.5 Å². The molecule has 0 saturated heterocycles. The van der Waals surface area contributed by atoms with Gasteiger partial charge in [-0.25, -0.2) is 0 Å². The predicted molar refractivity (Wildman–Crippen MR) is 108 cm³/mol. The number of benzene rings is 1. The Kier molecular flexibility index (Phi) is 12.6. The molecule has 2 unspecified atom stereocenters. The van der Waals surface area contributed by atoms with Crippen molar-refractivity contribution in [2.75, 3.05) is 26.3 Å². The third-order valence-corrected chi connectivity index (χ3v) is 3.49. The fourth-order valence-corrected chi connectivity index (χ4v) is 2.08. The molecule has 1 aromatic carbocycles. The number of hydrogen-bond donors (Lipinski definition) is 4. The van der Waals surface area contributed by atoms with E-state index in [4.69, 9.17) is 9.47 Å². The van der Waals surface area contributed by atoms with E-state index < -0.39 is 12.2 Å². The van der Waals surface area contributed by atoms with Crippen LogP contribution in [0, 0.1) is 6.92 Å². The average molecular weight is 391 g/mol. The third kappa shape index (κ3) is 10.8. The van der Waals surface area contributed by atoms with Gasteiger partial charge in [0.05, 0.1) is 0 Å². The maximum Gasteiger partial charge on any atom is 0.161 e. The largest absolute Gasteiger partial charge is 0.487 e. The van der Waals surface area contributed by atoms with Crippen molar-refractivity contribution >= 4 is 12.4 Å². The van der Waals surface area contributed by atoms with Crippen LogP contribution in [0.4, 0.5) is 0 Å². The van der Waals surface area contributed by atoms with Gasteiger partial charge in [-0.2, -0.15) is 0 Å². The number of nitrogens with one attached hydrogen (secondary N) is 2. The first kappa shape index (κ1) is 24.9. The molecule has 7 heteroatoms. The molecule has 0 fully saturated rings. The Morgan fingerprint density at radius 1 is 0.846 bits per heavy atom. The molecule has 1 aromatic rings. The number of aliphatic hydroxyl groups excluding tert-OH is 2. The first-order valence-electron chi connectivity index (χ1n) is 8.97. The molecule has 1 rings (SSSR count). The molecule has 0 aliphatic rings. The van der Waals surface area contributed by atoms with Crippen LogP contribution in [0.1, 0.15) is 33.3 Å². The highest BCUT2D eigenvalue weighted by Gasteiger charge is 2.12. The maximum atomic E-state index is 9.98. The summed E-state index contributed by atoms with van der Waals surface area (Å²) in [6, 6.07) is 6.25. The normalized spacial score (nSPS) is 13.4. The van der Waals surface area contributed by atoms with Crippen LogP contribution in [-0.4, -0.2) is 60.8 Å². The smallest absolute Gasteiger partial charge is 0.161 e. The highest BCUT2D eigenvalue weighted by Crippen LogP contribution is 2.28. The Labute approximate surface area is 163 Å². The molecule has 0 aromatic heterocycles. The maximum absolute atomic E-state index is 9.98. The molecule has 6 nitrogen and oxygen atoms in total. The molecule has 0 radical (unpaired) electrons. The monoisotopic (exact) mass is 390 g/mol. The molecular weight excluding hydrogens is 356 g/mol. The minimum atomic E-state index is -0.600. The molecule has 26 heavy (non-hydrogen) atoms. The van der Waals surface area contributed by atoms with E-state index >= 15 is 0 Å². The van der Waals surface area contributed by atoms with Crippen LogP contribution in [0.3, 0.4) is 0 Å². The summed E-state index contributed by atoms with van der Waals surface area (Å²) >= 11 is 0. The number of aliphatic hydroxyl groups is 2. The third-order valence-electron chi connectivity index (χ3n) is 3.49. The lowest BCUT2D eigenvalue weighted by atomic mass is 10.2. The van der Waals surface area contributed by atoms with Crippen LogP contribution >= 0.6 is 12.4 Å². The Morgan fingerprint density at radius 3 is 1.77 bits per heavy atom. The second-order valence-electron chi connectivity index (χ2n) is 7.01. The summed E-state index contributed by atoms with van der Waals surface area (Å²) in [5.41, 5.74) is 1.04. The molecule has 0 saturated carbocycles. The summed E-state index contributed by atoms with van der Waals surface area (Å²) < 4.78 is 11.4. The summed E-state index contributed by atoms with van der Waals surface area (Å²) in [4.78, 5) is 0. The van der Waals surface area contributed by atoms with E-state index in [0.717, 1.165) is 5.56 Å². The van der Waals surface area contributed by atoms with Gasteiger partial charge in [0.2, 0.25) is 0 Å². The van der Waals surface area contributed by atoms with E-state index in [1.54, 1.807) is 0 Å². The molecule has 0 spiro atoms. The Morgan fingerprint density at radius 2 is 1.31 bits per heavy atom. The van der Waals surface area contributed by atoms with Crippen molar-refractivity contribution < 1.29 is 19.7 Å². The van der Waals surface area contributed by atoms with Gasteiger partial charge in [-0.15, -0.1) is 12.4 Å². The Balaban J connectivity index is 0.00000625. The lowest BCUT2D eigenvalue weighted by molar-refractivity contribution is 0.0909. The lowest BCUT2D eigenvalue weighted by Gasteiger charge is -2.19. The van der Waals surface area contributed by atoms with Gasteiger partial charge in [-0.3, -0.25) is 0 Å². The number of halogens is 1. The summed E-state index contributed by atoms with van der Waals surface area (Å²) in [6.07, 6.45) is -1.20. The van der Waals surface area contributed by atoms with Crippen LogP contribution in [0.5, 0.6) is 11.5 Å². The summed E-state index contributed by atoms with van der Waals surface area (Å²) in [6.45, 7) is 11.4. The van der Waals surface area contributed by atoms with Crippen LogP contribution in [-0.2, 0) is 0 Å². The SMILES string of the molecule is Cc1ccc(OCC(O)CNC(C)C)c(OCC(O)CNC(C)C)c1.Cl. The zero-order valence-corrected chi connectivity index (χ0v) is 17.3. The van der Waals surface area contributed by atoms with Crippen molar-refractivity contribution in [1.29, 1.82) is 0 Å². The van der Waals surface area contributed by atoms with E-state index in [-0.39, 0.29) is 25.6 Å². The second kappa shape index (κ2) is 13.2. The number of aryl methyl sites for hydroxylation is 1. The zero-order chi connectivity index (χ0) is 18.8. The fourth-order valence-electron chi connectivity index (χ4n) is 2.08. The van der Waals surface area contributed by atoms with Crippen LogP contribution in [0.15, 0.2) is 18.2 Å². The van der Waals surface area contributed by atoms with E-state index in [0.29, 0.717) is 36.7 Å². The minimum Gasteiger partial charge on any atom is -0.487 e. The molecule has 0 bridgehead atoms. The highest BCUT2D eigenvalue weighted by atomic mass is 35.5. The zero-order valence-electron chi connectivity index (χ0n) is 16.5. The number of ether oxygens (including phenoxy) is 2. The molecule has 2 atom stereocenters. The summed E-state index contributed by atoms with van der Waals surface area (Å²) in [7, 11) is 0. The van der Waals surface area contributed by atoms with Crippen molar-refractivity contribution in [1.82, 2.24) is 10.6 Å². The van der Waals surface area contributed by atoms with Gasteiger partial charge in [0.1, 0.15) is 25.4 Å². The first-order chi connectivity index (χ1) is 11.8. The molecule has 152 valence electrons. The number of rotatable bonds is 12. The van der Waals surface area contributed by atoms with E-state index in [1.807, 2.05) is 52.8 Å². The summed E-state index contributed by atoms with van der Waals surface area (Å²) in [5, 5.41) is 26.3. The minimum absolute atomic E-state index is 0. The van der Waals surface area contributed by atoms with Gasteiger partial charge in [0.25, 0.3) is 0 Å². The van der Waals surface area contributed by atoms with Crippen molar-refractivity contribution in [3.8, 4) is 11.5 Å². The van der Waals surface area contributed by atoms with Crippen LogP contribution < -0.4 is 20.1 Å². The summed E-state index contributed by atoms with van der Waals surface area (Å²) in [5.74, 6) is 1.14. The Bertz CT molecular complexity index is 500. The second-order valence-corrected chi connectivity index (χ2v) is 7.01. The van der Waals surface area contributed by atoms with Gasteiger partial charge in [-0.1, -0.05) is 33.8 Å². The lowest BCUT2D eigenvalue weighted by Crippen LogP contribution is -2.35. The predicted octanol–water partition coefficient (Wildman–Crippen LogP) is 1.89. The topological polar surface area (TPSA) is 83.0 Å².